The van der Waals surface area contributed by atoms with E-state index < -0.39 is 0 Å². The second kappa shape index (κ2) is 9.56. The first kappa shape index (κ1) is 22.1. The summed E-state index contributed by atoms with van der Waals surface area (Å²) in [6.07, 6.45) is 4.49. The number of likely N-dealkylation sites (tertiary alicyclic amines) is 1. The van der Waals surface area contributed by atoms with Gasteiger partial charge in [-0.25, -0.2) is 0 Å². The van der Waals surface area contributed by atoms with Crippen molar-refractivity contribution >= 4 is 40.5 Å². The van der Waals surface area contributed by atoms with Crippen LogP contribution in [0.4, 0.5) is 0 Å². The summed E-state index contributed by atoms with van der Waals surface area (Å²) < 4.78 is 2.29. The number of benzene rings is 2. The van der Waals surface area contributed by atoms with Gasteiger partial charge in [0.25, 0.3) is 11.5 Å². The van der Waals surface area contributed by atoms with Gasteiger partial charge in [0.05, 0.1) is 10.2 Å². The minimum atomic E-state index is -0.316. The Morgan fingerprint density at radius 1 is 1.12 bits per heavy atom. The van der Waals surface area contributed by atoms with Crippen LogP contribution in [0, 0.1) is 11.3 Å². The first-order valence-electron chi connectivity index (χ1n) is 10.5. The Morgan fingerprint density at radius 3 is 2.38 bits per heavy atom. The van der Waals surface area contributed by atoms with Gasteiger partial charge in [0.1, 0.15) is 10.7 Å². The normalized spacial score (nSPS) is 15.0. The van der Waals surface area contributed by atoms with Crippen molar-refractivity contribution in [2.75, 3.05) is 13.1 Å². The highest BCUT2D eigenvalue weighted by Crippen LogP contribution is 2.13. The van der Waals surface area contributed by atoms with Crippen molar-refractivity contribution in [1.82, 2.24) is 9.47 Å². The summed E-state index contributed by atoms with van der Waals surface area (Å²) in [5.41, 5.74) is 2.34. The predicted octanol–water partition coefficient (Wildman–Crippen LogP) is 3.24. The van der Waals surface area contributed by atoms with Gasteiger partial charge in [0.15, 0.2) is 5.57 Å². The van der Waals surface area contributed by atoms with Crippen LogP contribution in [-0.2, 0) is 11.2 Å². The SMILES string of the molecule is CCc1ccc(-n2c(=O)/c(=C\c3ccc(Cl)cc3)s/c2=C(/C#N)C(=O)N2CCCC2)cc1. The first-order valence-corrected chi connectivity index (χ1v) is 11.7. The third-order valence-electron chi connectivity index (χ3n) is 5.53. The van der Waals surface area contributed by atoms with E-state index in [2.05, 4.69) is 13.0 Å². The zero-order valence-corrected chi connectivity index (χ0v) is 19.2. The van der Waals surface area contributed by atoms with Crippen LogP contribution >= 0.6 is 22.9 Å². The second-order valence-electron chi connectivity index (χ2n) is 7.61. The van der Waals surface area contributed by atoms with E-state index in [-0.39, 0.29) is 17.0 Å². The van der Waals surface area contributed by atoms with Gasteiger partial charge in [-0.2, -0.15) is 5.26 Å². The Balaban J connectivity index is 1.98. The minimum Gasteiger partial charge on any atom is -0.338 e. The molecular formula is C25H22ClN3O2S. The summed E-state index contributed by atoms with van der Waals surface area (Å²) in [7, 11) is 0. The molecule has 0 radical (unpaired) electrons. The van der Waals surface area contributed by atoms with Crippen molar-refractivity contribution in [1.29, 1.82) is 5.26 Å². The van der Waals surface area contributed by atoms with Gasteiger partial charge in [-0.1, -0.05) is 42.8 Å². The van der Waals surface area contributed by atoms with E-state index in [1.165, 1.54) is 4.57 Å². The van der Waals surface area contributed by atoms with Crippen LogP contribution in [0.25, 0.3) is 17.3 Å². The topological polar surface area (TPSA) is 66.1 Å². The van der Waals surface area contributed by atoms with E-state index in [1.54, 1.807) is 23.1 Å². The van der Waals surface area contributed by atoms with Crippen molar-refractivity contribution in [3.05, 3.63) is 84.2 Å². The van der Waals surface area contributed by atoms with E-state index in [1.807, 2.05) is 36.4 Å². The van der Waals surface area contributed by atoms with Crippen LogP contribution in [-0.4, -0.2) is 28.5 Å². The molecule has 1 aliphatic heterocycles. The average molecular weight is 464 g/mol. The fraction of sp³-hybridized carbons (Fsp3) is 0.240. The molecule has 4 rings (SSSR count). The maximum atomic E-state index is 13.4. The van der Waals surface area contributed by atoms with E-state index in [0.29, 0.717) is 33.0 Å². The molecule has 7 heteroatoms. The van der Waals surface area contributed by atoms with Crippen LogP contribution in [0.3, 0.4) is 0 Å². The molecule has 0 unspecified atom stereocenters. The molecule has 2 aromatic carbocycles. The molecule has 1 aromatic heterocycles. The van der Waals surface area contributed by atoms with Crippen LogP contribution in [0.15, 0.2) is 53.3 Å². The fourth-order valence-corrected chi connectivity index (χ4v) is 4.96. The van der Waals surface area contributed by atoms with Crippen molar-refractivity contribution in [3.63, 3.8) is 0 Å². The third-order valence-corrected chi connectivity index (χ3v) is 6.87. The third kappa shape index (κ3) is 4.40. The molecule has 0 saturated carbocycles. The number of thiazole rings is 1. The molecule has 1 saturated heterocycles. The number of nitriles is 1. The maximum Gasteiger partial charge on any atom is 0.273 e. The standard InChI is InChI=1S/C25H22ClN3O2S/c1-2-17-7-11-20(12-8-17)29-24(31)22(15-18-5-9-19(26)10-6-18)32-25(29)21(16-27)23(30)28-13-3-4-14-28/h5-12,15H,2-4,13-14H2,1H3/b22-15+,25-21-. The monoisotopic (exact) mass is 463 g/mol. The lowest BCUT2D eigenvalue weighted by atomic mass is 10.1. The molecular weight excluding hydrogens is 442 g/mol. The first-order chi connectivity index (χ1) is 15.5. The quantitative estimate of drug-likeness (QED) is 0.596. The average Bonchev–Trinajstić information content (AvgIpc) is 3.45. The number of aromatic nitrogens is 1. The van der Waals surface area contributed by atoms with Crippen molar-refractivity contribution in [3.8, 4) is 11.8 Å². The molecule has 162 valence electrons. The summed E-state index contributed by atoms with van der Waals surface area (Å²) >= 11 is 7.14. The van der Waals surface area contributed by atoms with Crippen molar-refractivity contribution in [2.45, 2.75) is 26.2 Å². The van der Waals surface area contributed by atoms with Crippen LogP contribution in [0.2, 0.25) is 5.02 Å². The summed E-state index contributed by atoms with van der Waals surface area (Å²) in [6.45, 7) is 3.33. The van der Waals surface area contributed by atoms with Gasteiger partial charge < -0.3 is 4.90 Å². The number of carbonyl (C=O) groups excluding carboxylic acids is 1. The number of rotatable bonds is 4. The summed E-state index contributed by atoms with van der Waals surface area (Å²) in [6, 6.07) is 16.9. The number of nitrogens with zero attached hydrogens (tertiary/aromatic N) is 3. The van der Waals surface area contributed by atoms with Gasteiger partial charge in [-0.3, -0.25) is 14.2 Å². The van der Waals surface area contributed by atoms with Crippen molar-refractivity contribution < 1.29 is 4.79 Å². The van der Waals surface area contributed by atoms with Gasteiger partial charge in [0, 0.05) is 18.1 Å². The molecule has 0 spiro atoms. The van der Waals surface area contributed by atoms with E-state index in [0.717, 1.165) is 41.7 Å². The van der Waals surface area contributed by atoms with Crippen LogP contribution < -0.4 is 14.8 Å². The van der Waals surface area contributed by atoms with E-state index in [4.69, 9.17) is 11.6 Å². The lowest BCUT2D eigenvalue weighted by Gasteiger charge is -2.14. The number of hydrogen-bond acceptors (Lipinski definition) is 4. The molecule has 0 bridgehead atoms. The lowest BCUT2D eigenvalue weighted by molar-refractivity contribution is -0.123. The number of halogens is 1. The Hall–Kier alpha value is -3.14. The molecule has 32 heavy (non-hydrogen) atoms. The largest absolute Gasteiger partial charge is 0.338 e. The molecule has 1 aliphatic rings. The molecule has 0 atom stereocenters. The van der Waals surface area contributed by atoms with E-state index >= 15 is 0 Å². The molecule has 3 aromatic rings. The number of aryl methyl sites for hydroxylation is 1. The van der Waals surface area contributed by atoms with Gasteiger partial charge in [0.2, 0.25) is 0 Å². The van der Waals surface area contributed by atoms with Crippen LogP contribution in [0.5, 0.6) is 0 Å². The number of hydrogen-bond donors (Lipinski definition) is 0. The Labute approximate surface area is 195 Å². The van der Waals surface area contributed by atoms with Gasteiger partial charge >= 0.3 is 0 Å². The molecule has 1 fully saturated rings. The van der Waals surface area contributed by atoms with Gasteiger partial charge in [-0.05, 0) is 60.7 Å². The summed E-state index contributed by atoms with van der Waals surface area (Å²) in [5.74, 6) is -0.316. The van der Waals surface area contributed by atoms with Crippen molar-refractivity contribution in [2.24, 2.45) is 0 Å². The highest BCUT2D eigenvalue weighted by atomic mass is 35.5. The Kier molecular flexibility index (Phi) is 6.59. The lowest BCUT2D eigenvalue weighted by Crippen LogP contribution is -2.35. The summed E-state index contributed by atoms with van der Waals surface area (Å²) in [4.78, 5) is 28.2. The smallest absolute Gasteiger partial charge is 0.273 e. The van der Waals surface area contributed by atoms with E-state index in [9.17, 15) is 14.9 Å². The Morgan fingerprint density at radius 2 is 1.78 bits per heavy atom. The zero-order chi connectivity index (χ0) is 22.7. The Bertz CT molecular complexity index is 1360. The molecule has 0 N–H and O–H groups in total. The zero-order valence-electron chi connectivity index (χ0n) is 17.7. The predicted molar refractivity (Wildman–Crippen MR) is 128 cm³/mol. The highest BCUT2D eigenvalue weighted by molar-refractivity contribution is 7.07. The van der Waals surface area contributed by atoms with Gasteiger partial charge in [-0.15, -0.1) is 11.3 Å². The molecule has 1 amide bonds. The number of carbonyl (C=O) groups is 1. The van der Waals surface area contributed by atoms with Crippen LogP contribution in [0.1, 0.15) is 30.9 Å². The molecule has 0 aliphatic carbocycles. The fourth-order valence-electron chi connectivity index (χ4n) is 3.74. The summed E-state index contributed by atoms with van der Waals surface area (Å²) in [5, 5.41) is 10.5. The minimum absolute atomic E-state index is 0.00400. The highest BCUT2D eigenvalue weighted by Gasteiger charge is 2.24. The molecule has 2 heterocycles. The molecule has 5 nitrogen and oxygen atoms in total. The second-order valence-corrected chi connectivity index (χ2v) is 9.08. The number of amides is 1. The maximum absolute atomic E-state index is 13.4.